The summed E-state index contributed by atoms with van der Waals surface area (Å²) < 4.78 is 0. The third-order valence-electron chi connectivity index (χ3n) is 0.534. The summed E-state index contributed by atoms with van der Waals surface area (Å²) in [6.45, 7) is 0.856. The average Bonchev–Trinajstić information content (AvgIpc) is 1.68. The lowest BCUT2D eigenvalue weighted by Gasteiger charge is -1.86. The van der Waals surface area contributed by atoms with Gasteiger partial charge in [-0.05, 0) is 0 Å². The summed E-state index contributed by atoms with van der Waals surface area (Å²) in [5, 5.41) is 0.627. The summed E-state index contributed by atoms with van der Waals surface area (Å²) in [4.78, 5) is 0. The maximum Gasteiger partial charge on any atom is 0.0289 e. The maximum absolute atomic E-state index is 5.42. The average molecular weight is 121 g/mol. The summed E-state index contributed by atoms with van der Waals surface area (Å²) in [6.07, 6.45) is 1.68. The van der Waals surface area contributed by atoms with Crippen LogP contribution in [0, 0.1) is 0 Å². The Bertz CT molecular complexity index is 70.1. The van der Waals surface area contributed by atoms with E-state index in [1.54, 1.807) is 6.08 Å². The van der Waals surface area contributed by atoms with Gasteiger partial charge in [0.2, 0.25) is 0 Å². The predicted molar refractivity (Wildman–Crippen MR) is 32.0 cm³/mol. The van der Waals surface area contributed by atoms with Crippen molar-refractivity contribution in [1.29, 1.82) is 0 Å². The van der Waals surface area contributed by atoms with Crippen molar-refractivity contribution in [3.8, 4) is 0 Å². The molecule has 0 aromatic rings. The Hall–Kier alpha value is -0.0500. The standard InChI is InChI=1S/C4H9ClN2/c5-4(3-7)1-2-6/h1H,2-3,6-7H2/b4-1+. The molecule has 7 heavy (non-hydrogen) atoms. The van der Waals surface area contributed by atoms with Crippen LogP contribution in [0.25, 0.3) is 0 Å². The van der Waals surface area contributed by atoms with Crippen LogP contribution in [0.4, 0.5) is 0 Å². The van der Waals surface area contributed by atoms with Crippen LogP contribution in [-0.2, 0) is 0 Å². The maximum atomic E-state index is 5.42. The largest absolute Gasteiger partial charge is 0.327 e. The van der Waals surface area contributed by atoms with Gasteiger partial charge in [-0.15, -0.1) is 0 Å². The molecule has 42 valence electrons. The molecule has 0 heterocycles. The molecule has 3 heteroatoms. The zero-order valence-corrected chi connectivity index (χ0v) is 4.78. The van der Waals surface area contributed by atoms with Crippen LogP contribution in [0.15, 0.2) is 11.1 Å². The van der Waals surface area contributed by atoms with Crippen LogP contribution >= 0.6 is 11.6 Å². The van der Waals surface area contributed by atoms with Gasteiger partial charge in [0.1, 0.15) is 0 Å². The van der Waals surface area contributed by atoms with Crippen molar-refractivity contribution in [3.05, 3.63) is 11.1 Å². The van der Waals surface area contributed by atoms with Crippen molar-refractivity contribution < 1.29 is 0 Å². The second-order valence-electron chi connectivity index (χ2n) is 1.09. The van der Waals surface area contributed by atoms with Crippen LogP contribution in [0.5, 0.6) is 0 Å². The van der Waals surface area contributed by atoms with Crippen molar-refractivity contribution in [2.24, 2.45) is 11.5 Å². The number of nitrogens with two attached hydrogens (primary N) is 2. The van der Waals surface area contributed by atoms with Gasteiger partial charge in [-0.3, -0.25) is 0 Å². The molecule has 0 saturated heterocycles. The van der Waals surface area contributed by atoms with Gasteiger partial charge in [0.05, 0.1) is 0 Å². The quantitative estimate of drug-likeness (QED) is 0.540. The molecule has 0 aliphatic heterocycles. The highest BCUT2D eigenvalue weighted by molar-refractivity contribution is 6.29. The van der Waals surface area contributed by atoms with Gasteiger partial charge >= 0.3 is 0 Å². The van der Waals surface area contributed by atoms with E-state index in [0.29, 0.717) is 18.1 Å². The highest BCUT2D eigenvalue weighted by Crippen LogP contribution is 1.93. The fraction of sp³-hybridized carbons (Fsp3) is 0.500. The molecule has 0 amide bonds. The van der Waals surface area contributed by atoms with E-state index < -0.39 is 0 Å². The first-order valence-corrected chi connectivity index (χ1v) is 2.43. The molecule has 0 radical (unpaired) electrons. The molecule has 0 unspecified atom stereocenters. The van der Waals surface area contributed by atoms with E-state index in [1.807, 2.05) is 0 Å². The third-order valence-corrected chi connectivity index (χ3v) is 0.843. The number of rotatable bonds is 2. The molecule has 4 N–H and O–H groups in total. The van der Waals surface area contributed by atoms with E-state index in [4.69, 9.17) is 23.1 Å². The van der Waals surface area contributed by atoms with Gasteiger partial charge in [-0.2, -0.15) is 0 Å². The van der Waals surface area contributed by atoms with Crippen LogP contribution < -0.4 is 11.5 Å². The summed E-state index contributed by atoms with van der Waals surface area (Å²) in [5.74, 6) is 0. The summed E-state index contributed by atoms with van der Waals surface area (Å²) in [5.41, 5.74) is 10.2. The molecular formula is C4H9ClN2. The smallest absolute Gasteiger partial charge is 0.0289 e. The molecule has 2 nitrogen and oxygen atoms in total. The van der Waals surface area contributed by atoms with E-state index in [9.17, 15) is 0 Å². The highest BCUT2D eigenvalue weighted by Gasteiger charge is 1.80. The van der Waals surface area contributed by atoms with Gasteiger partial charge in [-0.25, -0.2) is 0 Å². The van der Waals surface area contributed by atoms with E-state index in [2.05, 4.69) is 0 Å². The van der Waals surface area contributed by atoms with Crippen LogP contribution in [-0.4, -0.2) is 13.1 Å². The first-order valence-electron chi connectivity index (χ1n) is 2.06. The highest BCUT2D eigenvalue weighted by atomic mass is 35.5. The van der Waals surface area contributed by atoms with E-state index >= 15 is 0 Å². The van der Waals surface area contributed by atoms with E-state index in [1.165, 1.54) is 0 Å². The Balaban J connectivity index is 3.29. The van der Waals surface area contributed by atoms with Crippen molar-refractivity contribution in [1.82, 2.24) is 0 Å². The Morgan fingerprint density at radius 2 is 2.14 bits per heavy atom. The van der Waals surface area contributed by atoms with Crippen molar-refractivity contribution in [2.45, 2.75) is 0 Å². The lowest BCUT2D eigenvalue weighted by Crippen LogP contribution is -2.01. The molecule has 0 saturated carbocycles. The lowest BCUT2D eigenvalue weighted by atomic mass is 10.5. The Morgan fingerprint density at radius 1 is 1.57 bits per heavy atom. The van der Waals surface area contributed by atoms with Crippen molar-refractivity contribution in [3.63, 3.8) is 0 Å². The Morgan fingerprint density at radius 3 is 2.29 bits per heavy atom. The SMILES string of the molecule is NC/C=C(/Cl)CN. The normalized spacial score (nSPS) is 12.1. The minimum absolute atomic E-state index is 0.388. The van der Waals surface area contributed by atoms with Crippen molar-refractivity contribution in [2.75, 3.05) is 13.1 Å². The van der Waals surface area contributed by atoms with Crippen molar-refractivity contribution >= 4 is 11.6 Å². The molecule has 0 aromatic heterocycles. The molecule has 0 rings (SSSR count). The number of hydrogen-bond donors (Lipinski definition) is 2. The first-order chi connectivity index (χ1) is 3.31. The minimum atomic E-state index is 0.388. The Kier molecular flexibility index (Phi) is 4.09. The van der Waals surface area contributed by atoms with Gasteiger partial charge < -0.3 is 11.5 Å². The second kappa shape index (κ2) is 4.12. The summed E-state index contributed by atoms with van der Waals surface area (Å²) in [7, 11) is 0. The summed E-state index contributed by atoms with van der Waals surface area (Å²) in [6, 6.07) is 0. The third kappa shape index (κ3) is 3.79. The first kappa shape index (κ1) is 6.95. The fourth-order valence-corrected chi connectivity index (χ4v) is 0.300. The number of hydrogen-bond acceptors (Lipinski definition) is 2. The predicted octanol–water partition coefficient (Wildman–Crippen LogP) is 0.0265. The molecule has 0 atom stereocenters. The molecular weight excluding hydrogens is 112 g/mol. The van der Waals surface area contributed by atoms with E-state index in [0.717, 1.165) is 0 Å². The molecule has 0 bridgehead atoms. The molecule has 0 aliphatic carbocycles. The fourth-order valence-electron chi connectivity index (χ4n) is 0.211. The molecule has 0 aliphatic rings. The minimum Gasteiger partial charge on any atom is -0.327 e. The Labute approximate surface area is 48.1 Å². The molecule has 0 spiro atoms. The summed E-state index contributed by atoms with van der Waals surface area (Å²) >= 11 is 5.42. The van der Waals surface area contributed by atoms with Gasteiger partial charge in [0.15, 0.2) is 0 Å². The van der Waals surface area contributed by atoms with Gasteiger partial charge in [-0.1, -0.05) is 17.7 Å². The van der Waals surface area contributed by atoms with Crippen LogP contribution in [0.2, 0.25) is 0 Å². The zero-order valence-electron chi connectivity index (χ0n) is 4.02. The topological polar surface area (TPSA) is 52.0 Å². The lowest BCUT2D eigenvalue weighted by molar-refractivity contribution is 1.17. The van der Waals surface area contributed by atoms with E-state index in [-0.39, 0.29) is 0 Å². The van der Waals surface area contributed by atoms with Crippen LogP contribution in [0.1, 0.15) is 0 Å². The monoisotopic (exact) mass is 120 g/mol. The number of halogens is 1. The molecule has 0 aromatic carbocycles. The zero-order chi connectivity index (χ0) is 5.70. The second-order valence-corrected chi connectivity index (χ2v) is 1.58. The van der Waals surface area contributed by atoms with Gasteiger partial charge in [0, 0.05) is 18.1 Å². The molecule has 0 fully saturated rings. The van der Waals surface area contributed by atoms with Gasteiger partial charge in [0.25, 0.3) is 0 Å². The van der Waals surface area contributed by atoms with Crippen LogP contribution in [0.3, 0.4) is 0 Å².